The molecule has 0 spiro atoms. The summed E-state index contributed by atoms with van der Waals surface area (Å²) in [5, 5.41) is 8.61. The van der Waals surface area contributed by atoms with Crippen molar-refractivity contribution in [1.82, 2.24) is 0 Å². The highest BCUT2D eigenvalue weighted by molar-refractivity contribution is 7.80. The van der Waals surface area contributed by atoms with Gasteiger partial charge in [0.25, 0.3) is 0 Å². The fraction of sp³-hybridized carbons (Fsp3) is 0.125. The number of hydrogen-bond acceptors (Lipinski definition) is 4. The van der Waals surface area contributed by atoms with E-state index in [1.54, 1.807) is 18.2 Å². The highest BCUT2D eigenvalue weighted by atomic mass is 32.1. The zero-order chi connectivity index (χ0) is 10.0. The third-order valence-electron chi connectivity index (χ3n) is 1.68. The number of carboxylic acids is 1. The van der Waals surface area contributed by atoms with Crippen molar-refractivity contribution >= 4 is 24.3 Å². The molecule has 0 radical (unpaired) electrons. The lowest BCUT2D eigenvalue weighted by atomic mass is 10.1. The summed E-state index contributed by atoms with van der Waals surface area (Å²) >= 11 is 4.06. The van der Waals surface area contributed by atoms with E-state index in [9.17, 15) is 4.79 Å². The largest absolute Gasteiger partial charge is 0.480 e. The van der Waals surface area contributed by atoms with E-state index >= 15 is 0 Å². The van der Waals surface area contributed by atoms with Crippen molar-refractivity contribution < 1.29 is 9.90 Å². The minimum atomic E-state index is -1.07. The second kappa shape index (κ2) is 3.68. The van der Waals surface area contributed by atoms with Gasteiger partial charge in [0, 0.05) is 10.6 Å². The Labute approximate surface area is 81.0 Å². The Balaban J connectivity index is 3.03. The van der Waals surface area contributed by atoms with Gasteiger partial charge in [0.2, 0.25) is 0 Å². The molecule has 0 saturated carbocycles. The number of nitrogen functional groups attached to an aromatic ring is 1. The van der Waals surface area contributed by atoms with Crippen LogP contribution in [0.2, 0.25) is 0 Å². The highest BCUT2D eigenvalue weighted by Crippen LogP contribution is 2.21. The van der Waals surface area contributed by atoms with Crippen LogP contribution in [0.5, 0.6) is 0 Å². The molecule has 5 N–H and O–H groups in total. The van der Waals surface area contributed by atoms with Crippen molar-refractivity contribution in [3.63, 3.8) is 0 Å². The number of rotatable bonds is 2. The molecule has 1 atom stereocenters. The van der Waals surface area contributed by atoms with Gasteiger partial charge < -0.3 is 16.6 Å². The minimum absolute atomic E-state index is 0.492. The maximum Gasteiger partial charge on any atom is 0.325 e. The number of carboxylic acid groups (broad SMARTS) is 1. The van der Waals surface area contributed by atoms with Crippen LogP contribution in [0.25, 0.3) is 0 Å². The fourth-order valence-corrected chi connectivity index (χ4v) is 1.12. The van der Waals surface area contributed by atoms with Crippen molar-refractivity contribution in [2.24, 2.45) is 5.73 Å². The van der Waals surface area contributed by atoms with E-state index < -0.39 is 12.0 Å². The minimum Gasteiger partial charge on any atom is -0.480 e. The Morgan fingerprint density at radius 2 is 2.15 bits per heavy atom. The van der Waals surface area contributed by atoms with Crippen molar-refractivity contribution in [3.8, 4) is 0 Å². The first-order valence-electron chi connectivity index (χ1n) is 3.59. The van der Waals surface area contributed by atoms with Crippen LogP contribution in [-0.4, -0.2) is 11.1 Å². The zero-order valence-corrected chi connectivity index (χ0v) is 7.66. The molecular weight excluding hydrogens is 188 g/mol. The maximum absolute atomic E-state index is 10.5. The molecule has 1 unspecified atom stereocenters. The maximum atomic E-state index is 10.5. The molecular formula is C8H10N2O2S. The van der Waals surface area contributed by atoms with Gasteiger partial charge in [-0.05, 0) is 17.7 Å². The molecule has 0 aromatic heterocycles. The van der Waals surface area contributed by atoms with Crippen LogP contribution in [0.1, 0.15) is 11.6 Å². The molecule has 5 heteroatoms. The third kappa shape index (κ3) is 2.13. The number of carbonyl (C=O) groups is 1. The summed E-state index contributed by atoms with van der Waals surface area (Å²) in [6.07, 6.45) is 0. The normalized spacial score (nSPS) is 12.5. The molecule has 0 aliphatic heterocycles. The summed E-state index contributed by atoms with van der Waals surface area (Å²) in [7, 11) is 0. The Bertz CT molecular complexity index is 341. The van der Waals surface area contributed by atoms with E-state index in [2.05, 4.69) is 12.6 Å². The summed E-state index contributed by atoms with van der Waals surface area (Å²) in [4.78, 5) is 11.1. The average molecular weight is 198 g/mol. The van der Waals surface area contributed by atoms with Crippen molar-refractivity contribution in [1.29, 1.82) is 0 Å². The lowest BCUT2D eigenvalue weighted by molar-refractivity contribution is -0.138. The SMILES string of the molecule is Nc1ccc(C(N)C(=O)O)cc1S. The average Bonchev–Trinajstić information content (AvgIpc) is 2.08. The van der Waals surface area contributed by atoms with Gasteiger partial charge in [0.15, 0.2) is 0 Å². The number of anilines is 1. The number of benzene rings is 1. The van der Waals surface area contributed by atoms with Crippen molar-refractivity contribution in [2.75, 3.05) is 5.73 Å². The molecule has 1 rings (SSSR count). The Morgan fingerprint density at radius 3 is 2.62 bits per heavy atom. The van der Waals surface area contributed by atoms with E-state index in [0.717, 1.165) is 0 Å². The predicted octanol–water partition coefficient (Wildman–Crippen LogP) is 0.642. The molecule has 4 nitrogen and oxygen atoms in total. The van der Waals surface area contributed by atoms with E-state index in [0.29, 0.717) is 16.1 Å². The van der Waals surface area contributed by atoms with Crippen LogP contribution in [0, 0.1) is 0 Å². The molecule has 0 aliphatic carbocycles. The second-order valence-electron chi connectivity index (χ2n) is 2.63. The summed E-state index contributed by atoms with van der Waals surface area (Å²) in [5.41, 5.74) is 11.9. The first-order chi connectivity index (χ1) is 6.02. The van der Waals surface area contributed by atoms with Crippen LogP contribution in [0.15, 0.2) is 23.1 Å². The fourth-order valence-electron chi connectivity index (χ4n) is 0.897. The van der Waals surface area contributed by atoms with Crippen molar-refractivity contribution in [3.05, 3.63) is 23.8 Å². The van der Waals surface area contributed by atoms with Gasteiger partial charge in [-0.25, -0.2) is 0 Å². The van der Waals surface area contributed by atoms with E-state index in [1.807, 2.05) is 0 Å². The number of aliphatic carboxylic acids is 1. The molecule has 0 amide bonds. The van der Waals surface area contributed by atoms with Crippen LogP contribution in [0.3, 0.4) is 0 Å². The second-order valence-corrected chi connectivity index (χ2v) is 3.12. The van der Waals surface area contributed by atoms with E-state index in [-0.39, 0.29) is 0 Å². The van der Waals surface area contributed by atoms with Gasteiger partial charge >= 0.3 is 5.97 Å². The molecule has 0 bridgehead atoms. The Kier molecular flexibility index (Phi) is 2.79. The predicted molar refractivity (Wildman–Crippen MR) is 52.7 cm³/mol. The van der Waals surface area contributed by atoms with Gasteiger partial charge in [0.1, 0.15) is 6.04 Å². The molecule has 1 aromatic carbocycles. The molecule has 0 fully saturated rings. The number of nitrogens with two attached hydrogens (primary N) is 2. The van der Waals surface area contributed by atoms with Crippen LogP contribution in [0.4, 0.5) is 5.69 Å². The van der Waals surface area contributed by atoms with Crippen LogP contribution >= 0.6 is 12.6 Å². The molecule has 0 aliphatic rings. The monoisotopic (exact) mass is 198 g/mol. The Hall–Kier alpha value is -1.20. The molecule has 1 aromatic rings. The standard InChI is InChI=1S/C8H10N2O2S/c9-5-2-1-4(3-6(5)13)7(10)8(11)12/h1-3,7,13H,9-10H2,(H,11,12). The van der Waals surface area contributed by atoms with E-state index in [1.165, 1.54) is 0 Å². The van der Waals surface area contributed by atoms with Crippen LogP contribution in [-0.2, 0) is 4.79 Å². The van der Waals surface area contributed by atoms with Gasteiger partial charge in [-0.3, -0.25) is 4.79 Å². The van der Waals surface area contributed by atoms with Gasteiger partial charge in [-0.2, -0.15) is 0 Å². The summed E-state index contributed by atoms with van der Waals surface area (Å²) < 4.78 is 0. The first-order valence-corrected chi connectivity index (χ1v) is 4.04. The zero-order valence-electron chi connectivity index (χ0n) is 6.77. The number of hydrogen-bond donors (Lipinski definition) is 4. The topological polar surface area (TPSA) is 89.3 Å². The highest BCUT2D eigenvalue weighted by Gasteiger charge is 2.14. The summed E-state index contributed by atoms with van der Waals surface area (Å²) in [5.74, 6) is -1.07. The van der Waals surface area contributed by atoms with Crippen LogP contribution < -0.4 is 11.5 Å². The van der Waals surface area contributed by atoms with E-state index in [4.69, 9.17) is 16.6 Å². The number of thiol groups is 1. The summed E-state index contributed by atoms with van der Waals surface area (Å²) in [6.45, 7) is 0. The molecule has 13 heavy (non-hydrogen) atoms. The lowest BCUT2D eigenvalue weighted by Crippen LogP contribution is -2.20. The molecule has 70 valence electrons. The molecule has 0 heterocycles. The lowest BCUT2D eigenvalue weighted by Gasteiger charge is -2.08. The quantitative estimate of drug-likeness (QED) is 0.415. The van der Waals surface area contributed by atoms with Gasteiger partial charge in [-0.15, -0.1) is 12.6 Å². The van der Waals surface area contributed by atoms with Gasteiger partial charge in [-0.1, -0.05) is 6.07 Å². The Morgan fingerprint density at radius 1 is 1.54 bits per heavy atom. The smallest absolute Gasteiger partial charge is 0.325 e. The van der Waals surface area contributed by atoms with Crippen molar-refractivity contribution in [2.45, 2.75) is 10.9 Å². The molecule has 0 saturated heterocycles. The van der Waals surface area contributed by atoms with Gasteiger partial charge in [0.05, 0.1) is 0 Å². The third-order valence-corrected chi connectivity index (χ3v) is 2.07. The first kappa shape index (κ1) is 9.88. The summed E-state index contributed by atoms with van der Waals surface area (Å²) in [6, 6.07) is 3.69.